The number of rotatable bonds is 8. The first-order valence-electron chi connectivity index (χ1n) is 10.3. The van der Waals surface area contributed by atoms with E-state index in [1.54, 1.807) is 6.92 Å². The summed E-state index contributed by atoms with van der Waals surface area (Å²) in [6.07, 6.45) is 1.36. The first kappa shape index (κ1) is 24.7. The number of anilines is 2. The highest BCUT2D eigenvalue weighted by Crippen LogP contribution is 2.34. The zero-order chi connectivity index (χ0) is 24.2. The van der Waals surface area contributed by atoms with E-state index in [0.717, 1.165) is 0 Å². The van der Waals surface area contributed by atoms with Crippen LogP contribution in [0.25, 0.3) is 0 Å². The molecule has 11 heteroatoms. The summed E-state index contributed by atoms with van der Waals surface area (Å²) in [5.74, 6) is -1.54. The topological polar surface area (TPSA) is 122 Å². The SMILES string of the molecule is CCOC(=O)[C@@H]1CCCN(c2ccc(C(=O)O)cc2NS(=O)(=O)c2ccc(OC)c(Cl)c2)C1. The lowest BCUT2D eigenvalue weighted by molar-refractivity contribution is -0.148. The average Bonchev–Trinajstić information content (AvgIpc) is 2.79. The quantitative estimate of drug-likeness (QED) is 0.531. The van der Waals surface area contributed by atoms with E-state index in [1.807, 2.05) is 4.90 Å². The molecule has 0 amide bonds. The minimum atomic E-state index is -4.10. The molecule has 0 radical (unpaired) electrons. The molecule has 178 valence electrons. The third-order valence-electron chi connectivity index (χ3n) is 5.30. The number of hydrogen-bond donors (Lipinski definition) is 2. The van der Waals surface area contributed by atoms with Crippen LogP contribution in [0, 0.1) is 5.92 Å². The van der Waals surface area contributed by atoms with E-state index in [9.17, 15) is 23.1 Å². The van der Waals surface area contributed by atoms with Gasteiger partial charge in [-0.1, -0.05) is 11.6 Å². The monoisotopic (exact) mass is 496 g/mol. The molecule has 1 heterocycles. The Morgan fingerprint density at radius 3 is 2.64 bits per heavy atom. The second-order valence-corrected chi connectivity index (χ2v) is 9.57. The van der Waals surface area contributed by atoms with E-state index >= 15 is 0 Å². The van der Waals surface area contributed by atoms with Crippen molar-refractivity contribution in [2.45, 2.75) is 24.7 Å². The summed E-state index contributed by atoms with van der Waals surface area (Å²) in [6.45, 7) is 2.92. The number of methoxy groups -OCH3 is 1. The van der Waals surface area contributed by atoms with Gasteiger partial charge in [-0.2, -0.15) is 0 Å². The van der Waals surface area contributed by atoms with Crippen LogP contribution in [-0.2, 0) is 19.6 Å². The number of benzene rings is 2. The summed E-state index contributed by atoms with van der Waals surface area (Å²) in [5.41, 5.74) is 0.478. The second-order valence-electron chi connectivity index (χ2n) is 7.48. The van der Waals surface area contributed by atoms with Crippen LogP contribution in [-0.4, -0.2) is 52.3 Å². The molecule has 0 unspecified atom stereocenters. The summed E-state index contributed by atoms with van der Waals surface area (Å²) in [7, 11) is -2.69. The molecule has 1 saturated heterocycles. The maximum Gasteiger partial charge on any atom is 0.335 e. The lowest BCUT2D eigenvalue weighted by Crippen LogP contribution is -2.39. The number of nitrogens with one attached hydrogen (secondary N) is 1. The highest BCUT2D eigenvalue weighted by Gasteiger charge is 2.29. The van der Waals surface area contributed by atoms with Gasteiger partial charge in [0, 0.05) is 13.1 Å². The first-order chi connectivity index (χ1) is 15.7. The lowest BCUT2D eigenvalue weighted by atomic mass is 9.97. The molecule has 3 rings (SSSR count). The van der Waals surface area contributed by atoms with Crippen LogP contribution in [0.15, 0.2) is 41.3 Å². The Morgan fingerprint density at radius 2 is 2.00 bits per heavy atom. The van der Waals surface area contributed by atoms with Crippen molar-refractivity contribution in [1.82, 2.24) is 0 Å². The van der Waals surface area contributed by atoms with Gasteiger partial charge in [0.1, 0.15) is 5.75 Å². The fourth-order valence-corrected chi connectivity index (χ4v) is 5.11. The number of piperidine rings is 1. The standard InChI is InChI=1S/C22H25ClN2O7S/c1-3-32-22(28)15-5-4-10-25(13-15)19-8-6-14(21(26)27)11-18(19)24-33(29,30)16-7-9-20(31-2)17(23)12-16/h6-9,11-12,15,24H,3-5,10,13H2,1-2H3,(H,26,27)/t15-/m1/s1. The summed E-state index contributed by atoms with van der Waals surface area (Å²) in [6, 6.07) is 8.21. The van der Waals surface area contributed by atoms with Crippen LogP contribution in [0.5, 0.6) is 5.75 Å². The maximum absolute atomic E-state index is 13.1. The molecule has 2 aromatic rings. The van der Waals surface area contributed by atoms with E-state index in [2.05, 4.69) is 4.72 Å². The Balaban J connectivity index is 1.96. The first-order valence-corrected chi connectivity index (χ1v) is 12.2. The van der Waals surface area contributed by atoms with E-state index in [1.165, 1.54) is 43.5 Å². The van der Waals surface area contributed by atoms with E-state index < -0.39 is 16.0 Å². The molecule has 1 fully saturated rings. The molecule has 0 bridgehead atoms. The van der Waals surface area contributed by atoms with Crippen molar-refractivity contribution in [3.05, 3.63) is 47.0 Å². The van der Waals surface area contributed by atoms with Gasteiger partial charge in [0.2, 0.25) is 0 Å². The van der Waals surface area contributed by atoms with Crippen molar-refractivity contribution in [2.75, 3.05) is 36.4 Å². The van der Waals surface area contributed by atoms with Crippen molar-refractivity contribution in [1.29, 1.82) is 0 Å². The Kier molecular flexibility index (Phi) is 7.70. The number of aromatic carboxylic acids is 1. The van der Waals surface area contributed by atoms with Gasteiger partial charge in [-0.05, 0) is 56.2 Å². The van der Waals surface area contributed by atoms with Crippen molar-refractivity contribution >= 4 is 44.9 Å². The minimum Gasteiger partial charge on any atom is -0.495 e. The van der Waals surface area contributed by atoms with Gasteiger partial charge in [-0.3, -0.25) is 9.52 Å². The van der Waals surface area contributed by atoms with Crippen molar-refractivity contribution in [3.63, 3.8) is 0 Å². The third kappa shape index (κ3) is 5.69. The van der Waals surface area contributed by atoms with E-state index in [4.69, 9.17) is 21.1 Å². The third-order valence-corrected chi connectivity index (χ3v) is 6.96. The maximum atomic E-state index is 13.1. The predicted octanol–water partition coefficient (Wildman–Crippen LogP) is 3.63. The van der Waals surface area contributed by atoms with Crippen LogP contribution in [0.3, 0.4) is 0 Å². The number of carbonyl (C=O) groups excluding carboxylic acids is 1. The lowest BCUT2D eigenvalue weighted by Gasteiger charge is -2.34. The van der Waals surface area contributed by atoms with Gasteiger partial charge in [0.25, 0.3) is 10.0 Å². The molecular weight excluding hydrogens is 472 g/mol. The molecule has 1 aliphatic rings. The Bertz CT molecular complexity index is 1150. The normalized spacial score (nSPS) is 16.2. The van der Waals surface area contributed by atoms with Crippen molar-refractivity contribution < 1.29 is 32.6 Å². The highest BCUT2D eigenvalue weighted by atomic mass is 35.5. The number of ether oxygens (including phenoxy) is 2. The largest absolute Gasteiger partial charge is 0.495 e. The van der Waals surface area contributed by atoms with Gasteiger partial charge in [-0.15, -0.1) is 0 Å². The van der Waals surface area contributed by atoms with Crippen LogP contribution in [0.2, 0.25) is 5.02 Å². The molecular formula is C22H25ClN2O7S. The number of carboxylic acids is 1. The number of esters is 1. The number of carboxylic acid groups (broad SMARTS) is 1. The number of halogens is 1. The average molecular weight is 497 g/mol. The summed E-state index contributed by atoms with van der Waals surface area (Å²) in [4.78, 5) is 25.5. The fraction of sp³-hybridized carbons (Fsp3) is 0.364. The molecule has 2 N–H and O–H groups in total. The minimum absolute atomic E-state index is 0.0804. The van der Waals surface area contributed by atoms with Gasteiger partial charge < -0.3 is 19.5 Å². The van der Waals surface area contributed by atoms with Crippen molar-refractivity contribution in [3.8, 4) is 5.75 Å². The van der Waals surface area contributed by atoms with Crippen LogP contribution in [0.1, 0.15) is 30.1 Å². The van der Waals surface area contributed by atoms with E-state index in [-0.39, 0.29) is 39.7 Å². The van der Waals surface area contributed by atoms with Crippen LogP contribution < -0.4 is 14.4 Å². The number of sulfonamides is 1. The second kappa shape index (κ2) is 10.3. The molecule has 33 heavy (non-hydrogen) atoms. The molecule has 1 atom stereocenters. The Morgan fingerprint density at radius 1 is 1.24 bits per heavy atom. The number of hydrogen-bond acceptors (Lipinski definition) is 7. The zero-order valence-corrected chi connectivity index (χ0v) is 19.8. The molecule has 1 aliphatic heterocycles. The van der Waals surface area contributed by atoms with Gasteiger partial charge in [0.05, 0.1) is 46.5 Å². The molecule has 2 aromatic carbocycles. The van der Waals surface area contributed by atoms with Gasteiger partial charge in [-0.25, -0.2) is 13.2 Å². The molecule has 0 saturated carbocycles. The zero-order valence-electron chi connectivity index (χ0n) is 18.2. The van der Waals surface area contributed by atoms with E-state index in [0.29, 0.717) is 37.4 Å². The Hall–Kier alpha value is -2.98. The molecule has 0 spiro atoms. The molecule has 0 aliphatic carbocycles. The summed E-state index contributed by atoms with van der Waals surface area (Å²) < 4.78 is 38.8. The predicted molar refractivity (Wildman–Crippen MR) is 124 cm³/mol. The Labute approximate surface area is 197 Å². The van der Waals surface area contributed by atoms with Crippen LogP contribution >= 0.6 is 11.6 Å². The van der Waals surface area contributed by atoms with Gasteiger partial charge in [0.15, 0.2) is 0 Å². The smallest absolute Gasteiger partial charge is 0.335 e. The fourth-order valence-electron chi connectivity index (χ4n) is 3.69. The molecule has 0 aromatic heterocycles. The summed E-state index contributed by atoms with van der Waals surface area (Å²) in [5, 5.41) is 9.53. The van der Waals surface area contributed by atoms with Gasteiger partial charge >= 0.3 is 11.9 Å². The molecule has 9 nitrogen and oxygen atoms in total. The van der Waals surface area contributed by atoms with Crippen LogP contribution in [0.4, 0.5) is 11.4 Å². The number of nitrogens with zero attached hydrogens (tertiary/aromatic N) is 1. The van der Waals surface area contributed by atoms with Crippen molar-refractivity contribution in [2.24, 2.45) is 5.92 Å². The highest BCUT2D eigenvalue weighted by molar-refractivity contribution is 7.92. The summed E-state index contributed by atoms with van der Waals surface area (Å²) >= 11 is 6.08. The number of carbonyl (C=O) groups is 2.